The molecular formula is C25H33N5O3. The van der Waals surface area contributed by atoms with Gasteiger partial charge in [0.15, 0.2) is 5.65 Å². The van der Waals surface area contributed by atoms with Crippen molar-refractivity contribution in [2.24, 2.45) is 11.8 Å². The van der Waals surface area contributed by atoms with Gasteiger partial charge in [-0.2, -0.15) is 14.9 Å². The first kappa shape index (κ1) is 22.0. The highest BCUT2D eigenvalue weighted by atomic mass is 16.6. The molecular weight excluding hydrogens is 418 g/mol. The number of fused-ring (bicyclic) bond motifs is 3. The molecule has 3 atom stereocenters. The van der Waals surface area contributed by atoms with Gasteiger partial charge in [-0.05, 0) is 64.2 Å². The van der Waals surface area contributed by atoms with Crippen LogP contribution in [-0.4, -0.2) is 43.4 Å². The first-order valence-corrected chi connectivity index (χ1v) is 12.1. The van der Waals surface area contributed by atoms with Gasteiger partial charge in [-0.15, -0.1) is 0 Å². The van der Waals surface area contributed by atoms with Crippen molar-refractivity contribution in [3.05, 3.63) is 33.4 Å². The molecule has 2 aliphatic carbocycles. The third-order valence-electron chi connectivity index (χ3n) is 7.34. The van der Waals surface area contributed by atoms with Gasteiger partial charge >= 0.3 is 6.09 Å². The number of ether oxygens (including phenoxy) is 1. The van der Waals surface area contributed by atoms with Crippen molar-refractivity contribution < 1.29 is 9.53 Å². The van der Waals surface area contributed by atoms with Crippen molar-refractivity contribution >= 4 is 11.7 Å². The quantitative estimate of drug-likeness (QED) is 0.700. The standard InChI is InChI=1S/C25H33N5O3/c1-14(2)20-13-28(22-19(10-26)21(15-6-7-15)27-30(22)23(20)31)11-16-8-18-9-17(16)12-29(18)24(32)33-25(3,4)5/h13-18H,6-9,11-12H2,1-5H3/t16-,17-,18+/m1/s1. The monoisotopic (exact) mass is 451 g/mol. The van der Waals surface area contributed by atoms with E-state index in [4.69, 9.17) is 4.74 Å². The molecule has 3 heterocycles. The van der Waals surface area contributed by atoms with Crippen LogP contribution in [0, 0.1) is 23.2 Å². The number of aromatic nitrogens is 3. The fraction of sp³-hybridized carbons (Fsp3) is 0.680. The molecule has 1 amide bonds. The summed E-state index contributed by atoms with van der Waals surface area (Å²) in [5.74, 6) is 1.13. The molecule has 0 aromatic carbocycles. The fourth-order valence-electron chi connectivity index (χ4n) is 5.60. The lowest BCUT2D eigenvalue weighted by Crippen LogP contribution is -2.43. The first-order valence-electron chi connectivity index (χ1n) is 12.1. The number of carbonyl (C=O) groups excluding carboxylic acids is 1. The second kappa shape index (κ2) is 7.61. The third-order valence-corrected chi connectivity index (χ3v) is 7.34. The van der Waals surface area contributed by atoms with Crippen molar-refractivity contribution in [2.45, 2.75) is 90.3 Å². The average Bonchev–Trinajstić information content (AvgIpc) is 3.20. The molecule has 2 aromatic rings. The Morgan fingerprint density at radius 1 is 1.30 bits per heavy atom. The summed E-state index contributed by atoms with van der Waals surface area (Å²) >= 11 is 0. The number of carbonyl (C=O) groups is 1. The molecule has 2 aromatic heterocycles. The Bertz CT molecular complexity index is 1210. The molecule has 2 saturated carbocycles. The minimum Gasteiger partial charge on any atom is -0.444 e. The summed E-state index contributed by atoms with van der Waals surface area (Å²) in [6.45, 7) is 11.1. The summed E-state index contributed by atoms with van der Waals surface area (Å²) in [6, 6.07) is 2.54. The second-order valence-corrected chi connectivity index (χ2v) is 11.4. The summed E-state index contributed by atoms with van der Waals surface area (Å²) in [5, 5.41) is 14.6. The number of amides is 1. The molecule has 176 valence electrons. The van der Waals surface area contributed by atoms with Crippen molar-refractivity contribution in [3.8, 4) is 6.07 Å². The van der Waals surface area contributed by atoms with Gasteiger partial charge < -0.3 is 14.2 Å². The zero-order chi connectivity index (χ0) is 23.7. The molecule has 8 nitrogen and oxygen atoms in total. The average molecular weight is 452 g/mol. The molecule has 1 saturated heterocycles. The van der Waals surface area contributed by atoms with E-state index in [2.05, 4.69) is 15.7 Å². The van der Waals surface area contributed by atoms with E-state index in [9.17, 15) is 14.9 Å². The Labute approximate surface area is 194 Å². The SMILES string of the molecule is CC(C)c1cn(C[C@H]2C[C@H]3C[C@@H]2CN3C(=O)OC(C)(C)C)c2c(C#N)c(C3CC3)nn2c1=O. The van der Waals surface area contributed by atoms with Gasteiger partial charge in [-0.1, -0.05) is 13.8 Å². The maximum absolute atomic E-state index is 13.2. The van der Waals surface area contributed by atoms with Crippen molar-refractivity contribution in [1.29, 1.82) is 5.26 Å². The van der Waals surface area contributed by atoms with Crippen LogP contribution in [0.5, 0.6) is 0 Å². The Balaban J connectivity index is 1.46. The Kier molecular flexibility index (Phi) is 5.07. The lowest BCUT2D eigenvalue weighted by atomic mass is 9.94. The van der Waals surface area contributed by atoms with Gasteiger partial charge in [0.25, 0.3) is 5.56 Å². The van der Waals surface area contributed by atoms with Crippen molar-refractivity contribution in [1.82, 2.24) is 19.1 Å². The molecule has 33 heavy (non-hydrogen) atoms. The smallest absolute Gasteiger partial charge is 0.410 e. The lowest BCUT2D eigenvalue weighted by Gasteiger charge is -2.33. The molecule has 0 spiro atoms. The highest BCUT2D eigenvalue weighted by molar-refractivity contribution is 5.69. The van der Waals surface area contributed by atoms with E-state index in [-0.39, 0.29) is 23.6 Å². The minimum atomic E-state index is -0.498. The maximum atomic E-state index is 13.2. The summed E-state index contributed by atoms with van der Waals surface area (Å²) in [4.78, 5) is 27.7. The third kappa shape index (κ3) is 3.81. The van der Waals surface area contributed by atoms with E-state index >= 15 is 0 Å². The molecule has 0 radical (unpaired) electrons. The summed E-state index contributed by atoms with van der Waals surface area (Å²) < 4.78 is 9.17. The van der Waals surface area contributed by atoms with Gasteiger partial charge in [0.2, 0.25) is 0 Å². The van der Waals surface area contributed by atoms with Gasteiger partial charge in [0, 0.05) is 36.8 Å². The highest BCUT2D eigenvalue weighted by Gasteiger charge is 2.47. The lowest BCUT2D eigenvalue weighted by molar-refractivity contribution is 0.0156. The van der Waals surface area contributed by atoms with Crippen LogP contribution >= 0.6 is 0 Å². The van der Waals surface area contributed by atoms with Gasteiger partial charge in [0.05, 0.1) is 5.69 Å². The van der Waals surface area contributed by atoms with Crippen LogP contribution in [0.15, 0.2) is 11.0 Å². The van der Waals surface area contributed by atoms with Crippen LogP contribution in [0.3, 0.4) is 0 Å². The predicted octanol–water partition coefficient (Wildman–Crippen LogP) is 4.01. The molecule has 3 aliphatic rings. The number of nitriles is 1. The van der Waals surface area contributed by atoms with Gasteiger partial charge in [-0.25, -0.2) is 4.79 Å². The van der Waals surface area contributed by atoms with Crippen molar-refractivity contribution in [3.63, 3.8) is 0 Å². The van der Waals surface area contributed by atoms with E-state index in [1.165, 1.54) is 4.52 Å². The van der Waals surface area contributed by atoms with Crippen LogP contribution in [0.2, 0.25) is 0 Å². The molecule has 0 unspecified atom stereocenters. The zero-order valence-corrected chi connectivity index (χ0v) is 20.2. The number of likely N-dealkylation sites (tertiary alicyclic amines) is 1. The molecule has 0 N–H and O–H groups in total. The summed E-state index contributed by atoms with van der Waals surface area (Å²) in [5.41, 5.74) is 2.04. The molecule has 5 rings (SSSR count). The Morgan fingerprint density at radius 2 is 2.03 bits per heavy atom. The molecule has 8 heteroatoms. The Morgan fingerprint density at radius 3 is 2.58 bits per heavy atom. The minimum absolute atomic E-state index is 0.0648. The van der Waals surface area contributed by atoms with E-state index < -0.39 is 5.60 Å². The first-order chi connectivity index (χ1) is 15.6. The van der Waals surface area contributed by atoms with E-state index in [1.54, 1.807) is 0 Å². The number of piperidine rings is 1. The predicted molar refractivity (Wildman–Crippen MR) is 123 cm³/mol. The maximum Gasteiger partial charge on any atom is 0.410 e. The number of nitrogens with zero attached hydrogens (tertiary/aromatic N) is 5. The molecule has 1 aliphatic heterocycles. The molecule has 3 fully saturated rings. The van der Waals surface area contributed by atoms with Crippen LogP contribution in [0.1, 0.15) is 89.0 Å². The number of hydrogen-bond donors (Lipinski definition) is 0. The van der Waals surface area contributed by atoms with E-state index in [1.807, 2.05) is 45.7 Å². The van der Waals surface area contributed by atoms with Crippen LogP contribution in [-0.2, 0) is 11.3 Å². The second-order valence-electron chi connectivity index (χ2n) is 11.4. The van der Waals surface area contributed by atoms with Crippen LogP contribution in [0.25, 0.3) is 5.65 Å². The zero-order valence-electron chi connectivity index (χ0n) is 20.2. The van der Waals surface area contributed by atoms with Gasteiger partial charge in [-0.3, -0.25) is 4.79 Å². The van der Waals surface area contributed by atoms with Crippen LogP contribution in [0.4, 0.5) is 4.79 Å². The van der Waals surface area contributed by atoms with Gasteiger partial charge in [0.1, 0.15) is 17.2 Å². The highest BCUT2D eigenvalue weighted by Crippen LogP contribution is 2.44. The summed E-state index contributed by atoms with van der Waals surface area (Å²) in [6.07, 6.45) is 5.66. The molecule has 2 bridgehead atoms. The fourth-order valence-corrected chi connectivity index (χ4v) is 5.60. The van der Waals surface area contributed by atoms with E-state index in [0.717, 1.165) is 43.5 Å². The number of rotatable bonds is 4. The normalized spacial score (nSPS) is 24.6. The largest absolute Gasteiger partial charge is 0.444 e. The van der Waals surface area contributed by atoms with Crippen molar-refractivity contribution in [2.75, 3.05) is 6.54 Å². The van der Waals surface area contributed by atoms with E-state index in [0.29, 0.717) is 35.5 Å². The number of hydrogen-bond acceptors (Lipinski definition) is 5. The topological polar surface area (TPSA) is 92.6 Å². The Hall–Kier alpha value is -2.82. The summed E-state index contributed by atoms with van der Waals surface area (Å²) in [7, 11) is 0. The van der Waals surface area contributed by atoms with Crippen LogP contribution < -0.4 is 5.56 Å².